The molecule has 0 bridgehead atoms. The summed E-state index contributed by atoms with van der Waals surface area (Å²) in [6.45, 7) is 0.906. The third-order valence-corrected chi connectivity index (χ3v) is 5.30. The van der Waals surface area contributed by atoms with Crippen molar-refractivity contribution in [1.82, 2.24) is 4.72 Å². The minimum absolute atomic E-state index is 0.0901. The minimum Gasteiger partial charge on any atom is -0.493 e. The zero-order valence-electron chi connectivity index (χ0n) is 11.8. The fraction of sp³-hybridized carbons (Fsp3) is 0.250. The van der Waals surface area contributed by atoms with Crippen molar-refractivity contribution in [3.8, 4) is 5.75 Å². The van der Waals surface area contributed by atoms with Gasteiger partial charge in [-0.15, -0.1) is 0 Å². The normalized spacial score (nSPS) is 17.6. The Balaban J connectivity index is 1.76. The van der Waals surface area contributed by atoms with E-state index < -0.39 is 10.0 Å². The fourth-order valence-electron chi connectivity index (χ4n) is 2.50. The lowest BCUT2D eigenvalue weighted by Crippen LogP contribution is -2.30. The maximum Gasteiger partial charge on any atom is 0.240 e. The van der Waals surface area contributed by atoms with E-state index in [2.05, 4.69) is 10.8 Å². The van der Waals surface area contributed by atoms with Crippen LogP contribution < -0.4 is 9.46 Å². The lowest BCUT2D eigenvalue weighted by atomic mass is 9.93. The van der Waals surface area contributed by atoms with Gasteiger partial charge < -0.3 is 4.74 Å². The van der Waals surface area contributed by atoms with Crippen molar-refractivity contribution < 1.29 is 13.2 Å². The van der Waals surface area contributed by atoms with Crippen molar-refractivity contribution in [2.75, 3.05) is 13.2 Å². The highest BCUT2D eigenvalue weighted by atomic mass is 35.5. The third-order valence-electron chi connectivity index (χ3n) is 3.65. The average Bonchev–Trinajstić information content (AvgIpc) is 2.53. The molecule has 6 heteroatoms. The second kappa shape index (κ2) is 6.28. The van der Waals surface area contributed by atoms with Gasteiger partial charge in [0.25, 0.3) is 0 Å². The maximum atomic E-state index is 12.3. The van der Waals surface area contributed by atoms with E-state index >= 15 is 0 Å². The Hall–Kier alpha value is -1.56. The minimum atomic E-state index is -3.57. The summed E-state index contributed by atoms with van der Waals surface area (Å²) in [6.07, 6.45) is 0.773. The second-order valence-corrected chi connectivity index (χ2v) is 7.31. The van der Waals surface area contributed by atoms with Gasteiger partial charge in [-0.1, -0.05) is 29.8 Å². The molecule has 1 unspecified atom stereocenters. The number of hydrogen-bond acceptors (Lipinski definition) is 3. The summed E-state index contributed by atoms with van der Waals surface area (Å²) in [5, 5.41) is 0.398. The molecule has 1 atom stereocenters. The van der Waals surface area contributed by atoms with Crippen molar-refractivity contribution in [2.24, 2.45) is 0 Å². The Morgan fingerprint density at radius 3 is 3.05 bits per heavy atom. The molecule has 1 radical (unpaired) electrons. The van der Waals surface area contributed by atoms with Gasteiger partial charge in [-0.3, -0.25) is 0 Å². The van der Waals surface area contributed by atoms with Gasteiger partial charge in [0.05, 0.1) is 11.5 Å². The van der Waals surface area contributed by atoms with Crippen molar-refractivity contribution in [1.29, 1.82) is 0 Å². The van der Waals surface area contributed by atoms with Gasteiger partial charge in [-0.05, 0) is 42.3 Å². The van der Waals surface area contributed by atoms with Crippen LogP contribution in [0.25, 0.3) is 0 Å². The zero-order valence-corrected chi connectivity index (χ0v) is 13.3. The molecule has 0 fully saturated rings. The quantitative estimate of drug-likeness (QED) is 0.933. The Bertz CT molecular complexity index is 776. The number of halogens is 1. The molecule has 22 heavy (non-hydrogen) atoms. The Kier molecular flexibility index (Phi) is 4.38. The standard InChI is InChI=1S/C16H15ClNO3S/c17-13-4-3-5-14(10-13)22(19,20)18-11-12-8-9-21-16-7-2-1-6-15(12)16/h1,3-7,10,12,18H,8-9,11H2. The van der Waals surface area contributed by atoms with Crippen LogP contribution in [0.15, 0.2) is 47.4 Å². The SMILES string of the molecule is O=S(=O)(NCC1CCOc2c[c]ccc21)c1cccc(Cl)c1. The summed E-state index contributed by atoms with van der Waals surface area (Å²) in [6, 6.07) is 14.7. The Morgan fingerprint density at radius 1 is 1.36 bits per heavy atom. The van der Waals surface area contributed by atoms with Crippen LogP contribution in [0.2, 0.25) is 5.02 Å². The summed E-state index contributed by atoms with van der Waals surface area (Å²) >= 11 is 5.85. The number of fused-ring (bicyclic) bond motifs is 1. The predicted octanol–water partition coefficient (Wildman–Crippen LogP) is 2.98. The first kappa shape index (κ1) is 15.3. The summed E-state index contributed by atoms with van der Waals surface area (Å²) in [7, 11) is -3.57. The molecule has 1 aliphatic heterocycles. The Labute approximate surface area is 135 Å². The molecule has 1 aliphatic rings. The van der Waals surface area contributed by atoms with E-state index in [4.69, 9.17) is 16.3 Å². The topological polar surface area (TPSA) is 55.4 Å². The molecule has 0 spiro atoms. The van der Waals surface area contributed by atoms with E-state index in [9.17, 15) is 8.42 Å². The van der Waals surface area contributed by atoms with E-state index in [1.165, 1.54) is 12.1 Å². The molecule has 0 aromatic heterocycles. The lowest BCUT2D eigenvalue weighted by Gasteiger charge is -2.25. The van der Waals surface area contributed by atoms with Crippen LogP contribution in [-0.4, -0.2) is 21.6 Å². The summed E-state index contributed by atoms with van der Waals surface area (Å²) < 4.78 is 32.9. The second-order valence-electron chi connectivity index (χ2n) is 5.11. The molecular weight excluding hydrogens is 322 g/mol. The van der Waals surface area contributed by atoms with Crippen LogP contribution in [-0.2, 0) is 10.0 Å². The number of rotatable bonds is 4. The highest BCUT2D eigenvalue weighted by Gasteiger charge is 2.23. The van der Waals surface area contributed by atoms with Gasteiger partial charge in [-0.2, -0.15) is 0 Å². The van der Waals surface area contributed by atoms with E-state index in [0.717, 1.165) is 17.7 Å². The van der Waals surface area contributed by atoms with E-state index in [1.54, 1.807) is 18.2 Å². The molecule has 2 aromatic carbocycles. The van der Waals surface area contributed by atoms with Crippen LogP contribution in [0, 0.1) is 6.07 Å². The molecule has 1 N–H and O–H groups in total. The Morgan fingerprint density at radius 2 is 2.23 bits per heavy atom. The molecule has 1 heterocycles. The number of sulfonamides is 1. The predicted molar refractivity (Wildman–Crippen MR) is 84.8 cm³/mol. The molecule has 115 valence electrons. The lowest BCUT2D eigenvalue weighted by molar-refractivity contribution is 0.267. The van der Waals surface area contributed by atoms with E-state index in [1.807, 2.05) is 12.1 Å². The van der Waals surface area contributed by atoms with Crippen molar-refractivity contribution in [3.63, 3.8) is 0 Å². The molecule has 0 amide bonds. The number of ether oxygens (including phenoxy) is 1. The molecule has 2 aromatic rings. The van der Waals surface area contributed by atoms with Crippen molar-refractivity contribution >= 4 is 21.6 Å². The monoisotopic (exact) mass is 336 g/mol. The van der Waals surface area contributed by atoms with E-state index in [0.29, 0.717) is 18.2 Å². The maximum absolute atomic E-state index is 12.3. The molecule has 0 aliphatic carbocycles. The first-order chi connectivity index (χ1) is 10.6. The first-order valence-corrected chi connectivity index (χ1v) is 8.80. The number of hydrogen-bond donors (Lipinski definition) is 1. The zero-order chi connectivity index (χ0) is 15.6. The summed E-state index contributed by atoms with van der Waals surface area (Å²) in [4.78, 5) is 0.175. The van der Waals surface area contributed by atoms with Gasteiger partial charge in [-0.25, -0.2) is 13.1 Å². The number of nitrogens with one attached hydrogen (secondary N) is 1. The largest absolute Gasteiger partial charge is 0.493 e. The fourth-order valence-corrected chi connectivity index (χ4v) is 3.88. The smallest absolute Gasteiger partial charge is 0.240 e. The highest BCUT2D eigenvalue weighted by Crippen LogP contribution is 2.32. The van der Waals surface area contributed by atoms with Crippen LogP contribution in [0.5, 0.6) is 5.75 Å². The molecule has 0 saturated heterocycles. The molecule has 0 saturated carbocycles. The summed E-state index contributed by atoms with van der Waals surface area (Å²) in [5.41, 5.74) is 1.01. The molecule has 4 nitrogen and oxygen atoms in total. The van der Waals surface area contributed by atoms with Gasteiger partial charge in [0.1, 0.15) is 5.75 Å². The molecular formula is C16H15ClNO3S. The summed E-state index contributed by atoms with van der Waals surface area (Å²) in [5.74, 6) is 0.869. The van der Waals surface area contributed by atoms with Gasteiger partial charge in [0.15, 0.2) is 0 Å². The third kappa shape index (κ3) is 3.27. The highest BCUT2D eigenvalue weighted by molar-refractivity contribution is 7.89. The van der Waals surface area contributed by atoms with Crippen LogP contribution in [0.1, 0.15) is 17.9 Å². The van der Waals surface area contributed by atoms with Crippen LogP contribution in [0.3, 0.4) is 0 Å². The first-order valence-electron chi connectivity index (χ1n) is 6.94. The van der Waals surface area contributed by atoms with Crippen LogP contribution >= 0.6 is 11.6 Å². The van der Waals surface area contributed by atoms with Crippen LogP contribution in [0.4, 0.5) is 0 Å². The molecule has 3 rings (SSSR count). The van der Waals surface area contributed by atoms with Crippen molar-refractivity contribution in [3.05, 3.63) is 59.1 Å². The van der Waals surface area contributed by atoms with E-state index in [-0.39, 0.29) is 10.8 Å². The van der Waals surface area contributed by atoms with Gasteiger partial charge in [0.2, 0.25) is 10.0 Å². The van der Waals surface area contributed by atoms with Crippen molar-refractivity contribution in [2.45, 2.75) is 17.2 Å². The van der Waals surface area contributed by atoms with Gasteiger partial charge >= 0.3 is 0 Å². The van der Waals surface area contributed by atoms with Gasteiger partial charge in [0, 0.05) is 17.5 Å². The average molecular weight is 337 g/mol. The number of benzene rings is 2.